The fourth-order valence-electron chi connectivity index (χ4n) is 5.74. The lowest BCUT2D eigenvalue weighted by molar-refractivity contribution is -0.132. The Bertz CT molecular complexity index is 1610. The molecule has 12 nitrogen and oxygen atoms in total. The quantitative estimate of drug-likeness (QED) is 0.179. The molecule has 0 spiro atoms. The van der Waals surface area contributed by atoms with Crippen molar-refractivity contribution in [3.05, 3.63) is 71.4 Å². The summed E-state index contributed by atoms with van der Waals surface area (Å²) in [6.45, 7) is 7.44. The number of hydrogen-bond donors (Lipinski definition) is 4. The molecule has 2 saturated heterocycles. The fraction of sp³-hybridized carbons (Fsp3) is 0.471. The zero-order chi connectivity index (χ0) is 36.2. The zero-order valence-corrected chi connectivity index (χ0v) is 29.0. The number of halogens is 2. The monoisotopic (exact) mass is 705 g/mol. The average molecular weight is 706 g/mol. The molecule has 0 saturated carbocycles. The van der Waals surface area contributed by atoms with Crippen molar-refractivity contribution in [2.24, 2.45) is 0 Å². The summed E-state index contributed by atoms with van der Waals surface area (Å²) in [5.74, 6) is -0.191. The maximum absolute atomic E-state index is 13.6. The number of likely N-dealkylation sites (tertiary alicyclic amines) is 2. The van der Waals surface area contributed by atoms with Gasteiger partial charge in [-0.2, -0.15) is 8.78 Å². The molecule has 1 unspecified atom stereocenters. The Kier molecular flexibility index (Phi) is 14.5. The Morgan fingerprint density at radius 1 is 1.06 bits per heavy atom. The van der Waals surface area contributed by atoms with Crippen molar-refractivity contribution < 1.29 is 42.3 Å². The van der Waals surface area contributed by atoms with Crippen molar-refractivity contribution in [3.8, 4) is 0 Å². The summed E-state index contributed by atoms with van der Waals surface area (Å²) in [7, 11) is -4.19. The normalized spacial score (nSPS) is 15.9. The Labute approximate surface area is 285 Å². The molecular weight excluding hydrogens is 659 g/mol. The molecule has 3 heterocycles. The number of hydrogen-bond acceptors (Lipinski definition) is 5. The first-order valence-corrected chi connectivity index (χ1v) is 17.9. The first kappa shape index (κ1) is 39.3. The SMILES string of the molecule is CCN(CCC(=O)N1CCCC1)C(C)=O.CNC(=O)c1cc2cc(C(F)(F)P(=O)(O)O)ccc2[nH]1.O=CN1CCCC1Cc1ccccc1. The molecule has 2 aromatic carbocycles. The van der Waals surface area contributed by atoms with Gasteiger partial charge in [-0.05, 0) is 62.8 Å². The van der Waals surface area contributed by atoms with Crippen LogP contribution in [-0.2, 0) is 31.0 Å². The highest BCUT2D eigenvalue weighted by Gasteiger charge is 2.50. The van der Waals surface area contributed by atoms with Crippen molar-refractivity contribution in [1.29, 1.82) is 0 Å². The van der Waals surface area contributed by atoms with E-state index in [9.17, 15) is 32.5 Å². The topological polar surface area (TPSA) is 163 Å². The van der Waals surface area contributed by atoms with Gasteiger partial charge in [0.05, 0.1) is 0 Å². The Hall–Kier alpha value is -4.13. The standard InChI is InChI=1S/C12H15NO.C11H11F2N2O4P.C11H20N2O2/c14-10-13-8-4-7-12(13)9-11-5-2-1-3-6-11;1-14-10(16)9-5-6-4-7(2-3-8(6)15-9)11(12,13)20(17,18)19;1-3-12(10(2)14)9-6-11(15)13-7-4-5-8-13/h1-3,5-6,10,12H,4,7-9H2;2-5,15H,1H3,(H,14,16)(H2,17,18,19);3-9H2,1-2H3. The molecule has 1 atom stereocenters. The number of nitrogens with one attached hydrogen (secondary N) is 2. The van der Waals surface area contributed by atoms with E-state index in [2.05, 4.69) is 34.6 Å². The molecule has 2 fully saturated rings. The van der Waals surface area contributed by atoms with Crippen LogP contribution in [0, 0.1) is 0 Å². The molecule has 3 aromatic rings. The highest BCUT2D eigenvalue weighted by molar-refractivity contribution is 7.52. The van der Waals surface area contributed by atoms with Gasteiger partial charge >= 0.3 is 13.3 Å². The van der Waals surface area contributed by atoms with Gasteiger partial charge in [0.25, 0.3) is 5.91 Å². The maximum Gasteiger partial charge on any atom is 0.399 e. The number of amides is 4. The van der Waals surface area contributed by atoms with Gasteiger partial charge in [0, 0.05) is 75.6 Å². The third-order valence-electron chi connectivity index (χ3n) is 8.56. The van der Waals surface area contributed by atoms with Crippen molar-refractivity contribution in [2.45, 2.75) is 64.1 Å². The summed E-state index contributed by atoms with van der Waals surface area (Å²) in [4.78, 5) is 70.5. The number of fused-ring (bicyclic) bond motifs is 1. The second-order valence-corrected chi connectivity index (χ2v) is 13.6. The number of carbonyl (C=O) groups is 4. The van der Waals surface area contributed by atoms with Gasteiger partial charge in [-0.15, -0.1) is 0 Å². The van der Waals surface area contributed by atoms with E-state index in [4.69, 9.17) is 9.79 Å². The van der Waals surface area contributed by atoms with E-state index >= 15 is 0 Å². The predicted molar refractivity (Wildman–Crippen MR) is 182 cm³/mol. The number of rotatable bonds is 10. The molecule has 2 aliphatic heterocycles. The van der Waals surface area contributed by atoms with Gasteiger partial charge in [-0.3, -0.25) is 23.7 Å². The lowest BCUT2D eigenvalue weighted by atomic mass is 10.0. The summed E-state index contributed by atoms with van der Waals surface area (Å²) in [6.07, 6.45) is 6.99. The second-order valence-electron chi connectivity index (χ2n) is 11.9. The second kappa shape index (κ2) is 18.0. The molecule has 1 aromatic heterocycles. The van der Waals surface area contributed by atoms with Gasteiger partial charge in [0.15, 0.2) is 0 Å². The van der Waals surface area contributed by atoms with Crippen LogP contribution in [0.5, 0.6) is 0 Å². The summed E-state index contributed by atoms with van der Waals surface area (Å²) in [5, 5.41) is 2.63. The molecule has 0 bridgehead atoms. The van der Waals surface area contributed by atoms with Gasteiger partial charge in [-0.1, -0.05) is 36.4 Å². The number of aromatic nitrogens is 1. The minimum Gasteiger partial charge on any atom is -0.354 e. The molecule has 15 heteroatoms. The fourth-order valence-corrected chi connectivity index (χ4v) is 6.22. The Morgan fingerprint density at radius 2 is 1.73 bits per heavy atom. The lowest BCUT2D eigenvalue weighted by Gasteiger charge is -2.21. The van der Waals surface area contributed by atoms with Crippen LogP contribution in [-0.4, -0.2) is 99.4 Å². The molecule has 0 aliphatic carbocycles. The zero-order valence-electron chi connectivity index (χ0n) is 28.1. The van der Waals surface area contributed by atoms with Gasteiger partial charge in [-0.25, -0.2) is 0 Å². The number of carbonyl (C=O) groups excluding carboxylic acids is 4. The molecule has 0 radical (unpaired) electrons. The summed E-state index contributed by atoms with van der Waals surface area (Å²) in [6, 6.07) is 15.2. The summed E-state index contributed by atoms with van der Waals surface area (Å²) >= 11 is 0. The van der Waals surface area contributed by atoms with Crippen LogP contribution in [0.1, 0.15) is 67.6 Å². The van der Waals surface area contributed by atoms with Gasteiger partial charge < -0.3 is 34.8 Å². The van der Waals surface area contributed by atoms with Crippen LogP contribution in [0.25, 0.3) is 10.9 Å². The van der Waals surface area contributed by atoms with E-state index in [-0.39, 0.29) is 22.9 Å². The van der Waals surface area contributed by atoms with Gasteiger partial charge in [0.1, 0.15) is 5.69 Å². The van der Waals surface area contributed by atoms with Crippen LogP contribution in [0.2, 0.25) is 0 Å². The lowest BCUT2D eigenvalue weighted by Crippen LogP contribution is -2.34. The van der Waals surface area contributed by atoms with Crippen LogP contribution in [0.3, 0.4) is 0 Å². The van der Waals surface area contributed by atoms with E-state index < -0.39 is 24.7 Å². The minimum absolute atomic E-state index is 0.0479. The van der Waals surface area contributed by atoms with E-state index in [1.807, 2.05) is 22.8 Å². The first-order valence-electron chi connectivity index (χ1n) is 16.3. The molecule has 4 amide bonds. The number of benzene rings is 2. The molecule has 5 rings (SSSR count). The number of aromatic amines is 1. The van der Waals surface area contributed by atoms with Gasteiger partial charge in [0.2, 0.25) is 18.2 Å². The number of nitrogens with zero attached hydrogens (tertiary/aromatic N) is 3. The smallest absolute Gasteiger partial charge is 0.354 e. The van der Waals surface area contributed by atoms with E-state index in [1.165, 1.54) is 24.7 Å². The summed E-state index contributed by atoms with van der Waals surface area (Å²) in [5.41, 5.74) is -3.17. The number of H-pyrrole nitrogens is 1. The Morgan fingerprint density at radius 3 is 2.31 bits per heavy atom. The minimum atomic E-state index is -5.61. The number of alkyl halides is 2. The van der Waals surface area contributed by atoms with Crippen LogP contribution in [0.4, 0.5) is 8.78 Å². The average Bonchev–Trinajstić information content (AvgIpc) is 3.86. The molecule has 268 valence electrons. The van der Waals surface area contributed by atoms with E-state index in [0.717, 1.165) is 70.3 Å². The van der Waals surface area contributed by atoms with Crippen LogP contribution < -0.4 is 5.32 Å². The van der Waals surface area contributed by atoms with Crippen molar-refractivity contribution in [3.63, 3.8) is 0 Å². The third-order valence-corrected chi connectivity index (χ3v) is 9.55. The van der Waals surface area contributed by atoms with E-state index in [0.29, 0.717) is 31.1 Å². The van der Waals surface area contributed by atoms with Crippen LogP contribution >= 0.6 is 7.60 Å². The summed E-state index contributed by atoms with van der Waals surface area (Å²) < 4.78 is 38.0. The molecular formula is C34H46F2N5O7P. The Balaban J connectivity index is 0.000000203. The highest BCUT2D eigenvalue weighted by atomic mass is 31.2. The third kappa shape index (κ3) is 10.9. The largest absolute Gasteiger partial charge is 0.399 e. The molecule has 4 N–H and O–H groups in total. The highest BCUT2D eigenvalue weighted by Crippen LogP contribution is 2.59. The van der Waals surface area contributed by atoms with Crippen molar-refractivity contribution in [1.82, 2.24) is 25.0 Å². The predicted octanol–water partition coefficient (Wildman–Crippen LogP) is 4.47. The molecule has 49 heavy (non-hydrogen) atoms. The van der Waals surface area contributed by atoms with Crippen molar-refractivity contribution in [2.75, 3.05) is 39.8 Å². The first-order chi connectivity index (χ1) is 23.2. The van der Waals surface area contributed by atoms with E-state index in [1.54, 1.807) is 11.8 Å². The van der Waals surface area contributed by atoms with Crippen molar-refractivity contribution >= 4 is 42.6 Å². The molecule has 2 aliphatic rings. The van der Waals surface area contributed by atoms with Crippen LogP contribution in [0.15, 0.2) is 54.6 Å². The maximum atomic E-state index is 13.6.